The fourth-order valence-corrected chi connectivity index (χ4v) is 2.75. The number of benzene rings is 2. The minimum atomic E-state index is 0.614. The normalized spacial score (nSPS) is 10.7. The van der Waals surface area contributed by atoms with E-state index in [1.54, 1.807) is 14.2 Å². The van der Waals surface area contributed by atoms with Crippen molar-refractivity contribution in [3.63, 3.8) is 0 Å². The Morgan fingerprint density at radius 3 is 2.40 bits per heavy atom. The Morgan fingerprint density at radius 1 is 0.920 bits per heavy atom. The molecular weight excluding hydrogens is 314 g/mol. The minimum absolute atomic E-state index is 0.614. The third kappa shape index (κ3) is 3.68. The zero-order valence-electron chi connectivity index (χ0n) is 14.9. The highest BCUT2D eigenvalue weighted by Crippen LogP contribution is 2.41. The van der Waals surface area contributed by atoms with Crippen molar-refractivity contribution in [1.82, 2.24) is 4.98 Å². The molecule has 0 N–H and O–H groups in total. The molecule has 0 bridgehead atoms. The summed E-state index contributed by atoms with van der Waals surface area (Å²) < 4.78 is 16.9. The molecule has 0 unspecified atom stereocenters. The summed E-state index contributed by atoms with van der Waals surface area (Å²) >= 11 is 0. The van der Waals surface area contributed by atoms with Crippen LogP contribution in [-0.4, -0.2) is 25.8 Å². The first-order valence-corrected chi connectivity index (χ1v) is 8.50. The first-order valence-electron chi connectivity index (χ1n) is 8.50. The van der Waals surface area contributed by atoms with Crippen LogP contribution in [-0.2, 0) is 0 Å². The Kier molecular flexibility index (Phi) is 5.39. The number of unbranched alkanes of at least 4 members (excludes halogenated alkanes) is 1. The molecule has 0 spiro atoms. The second-order valence-electron chi connectivity index (χ2n) is 5.83. The van der Waals surface area contributed by atoms with Crippen LogP contribution in [0.25, 0.3) is 22.0 Å². The molecule has 1 heterocycles. The van der Waals surface area contributed by atoms with Gasteiger partial charge in [0.05, 0.1) is 26.5 Å². The highest BCUT2D eigenvalue weighted by molar-refractivity contribution is 5.85. The number of pyridine rings is 1. The standard InChI is InChI=1S/C21H23NO3/c1-4-5-10-25-20-13-17(12-19(23-2)21(20)24-3)18-11-15-8-6-7-9-16(15)14-22-18/h6-9,11-14H,4-5,10H2,1-3H3. The number of hydrogen-bond acceptors (Lipinski definition) is 4. The van der Waals surface area contributed by atoms with E-state index in [1.165, 1.54) is 0 Å². The first kappa shape index (κ1) is 17.1. The molecule has 0 saturated carbocycles. The average Bonchev–Trinajstić information content (AvgIpc) is 2.67. The molecule has 3 rings (SSSR count). The number of hydrogen-bond donors (Lipinski definition) is 0. The van der Waals surface area contributed by atoms with Gasteiger partial charge in [0.15, 0.2) is 11.5 Å². The van der Waals surface area contributed by atoms with Gasteiger partial charge in [0.1, 0.15) is 0 Å². The molecule has 2 aromatic carbocycles. The molecule has 0 aliphatic rings. The van der Waals surface area contributed by atoms with E-state index in [9.17, 15) is 0 Å². The number of fused-ring (bicyclic) bond motifs is 1. The van der Waals surface area contributed by atoms with E-state index in [0.717, 1.165) is 34.9 Å². The molecule has 3 aromatic rings. The van der Waals surface area contributed by atoms with Crippen LogP contribution in [0.5, 0.6) is 17.2 Å². The third-order valence-corrected chi connectivity index (χ3v) is 4.13. The molecule has 0 aliphatic heterocycles. The lowest BCUT2D eigenvalue weighted by Gasteiger charge is -2.16. The Labute approximate surface area is 148 Å². The van der Waals surface area contributed by atoms with Crippen LogP contribution in [0.3, 0.4) is 0 Å². The minimum Gasteiger partial charge on any atom is -0.493 e. The number of nitrogens with zero attached hydrogens (tertiary/aromatic N) is 1. The molecule has 25 heavy (non-hydrogen) atoms. The van der Waals surface area contributed by atoms with Gasteiger partial charge in [-0.1, -0.05) is 37.6 Å². The summed E-state index contributed by atoms with van der Waals surface area (Å²) in [6.07, 6.45) is 3.95. The Balaban J connectivity index is 2.05. The van der Waals surface area contributed by atoms with Crippen LogP contribution in [0.15, 0.2) is 48.7 Å². The monoisotopic (exact) mass is 337 g/mol. The van der Waals surface area contributed by atoms with E-state index >= 15 is 0 Å². The van der Waals surface area contributed by atoms with E-state index in [1.807, 2.05) is 30.5 Å². The number of methoxy groups -OCH3 is 2. The fourth-order valence-electron chi connectivity index (χ4n) is 2.75. The van der Waals surface area contributed by atoms with Gasteiger partial charge in [-0.2, -0.15) is 0 Å². The molecule has 0 saturated heterocycles. The van der Waals surface area contributed by atoms with Crippen molar-refractivity contribution in [2.24, 2.45) is 0 Å². The SMILES string of the molecule is CCCCOc1cc(-c2cc3ccccc3cn2)cc(OC)c1OC. The summed E-state index contributed by atoms with van der Waals surface area (Å²) in [5, 5.41) is 2.27. The molecule has 0 fully saturated rings. The molecule has 130 valence electrons. The first-order chi connectivity index (χ1) is 12.3. The summed E-state index contributed by atoms with van der Waals surface area (Å²) in [6, 6.07) is 14.2. The van der Waals surface area contributed by atoms with Gasteiger partial charge in [-0.15, -0.1) is 0 Å². The lowest BCUT2D eigenvalue weighted by Crippen LogP contribution is -2.01. The van der Waals surface area contributed by atoms with Crippen molar-refractivity contribution in [1.29, 1.82) is 0 Å². The average molecular weight is 337 g/mol. The summed E-state index contributed by atoms with van der Waals surface area (Å²) in [7, 11) is 3.25. The maximum absolute atomic E-state index is 5.93. The largest absolute Gasteiger partial charge is 0.493 e. The van der Waals surface area contributed by atoms with Crippen LogP contribution >= 0.6 is 0 Å². The number of ether oxygens (including phenoxy) is 3. The van der Waals surface area contributed by atoms with Gasteiger partial charge < -0.3 is 14.2 Å². The molecular formula is C21H23NO3. The Hall–Kier alpha value is -2.75. The molecule has 0 amide bonds. The van der Waals surface area contributed by atoms with Gasteiger partial charge in [-0.25, -0.2) is 0 Å². The van der Waals surface area contributed by atoms with E-state index in [4.69, 9.17) is 14.2 Å². The van der Waals surface area contributed by atoms with Crippen molar-refractivity contribution in [2.45, 2.75) is 19.8 Å². The van der Waals surface area contributed by atoms with Crippen molar-refractivity contribution in [2.75, 3.05) is 20.8 Å². The van der Waals surface area contributed by atoms with Crippen LogP contribution in [0.4, 0.5) is 0 Å². The van der Waals surface area contributed by atoms with E-state index in [0.29, 0.717) is 23.9 Å². The van der Waals surface area contributed by atoms with Gasteiger partial charge in [-0.3, -0.25) is 4.98 Å². The molecule has 0 aliphatic carbocycles. The van der Waals surface area contributed by atoms with Gasteiger partial charge in [0.2, 0.25) is 5.75 Å². The van der Waals surface area contributed by atoms with Crippen LogP contribution in [0.2, 0.25) is 0 Å². The number of rotatable bonds is 7. The van der Waals surface area contributed by atoms with Gasteiger partial charge in [-0.05, 0) is 30.0 Å². The maximum Gasteiger partial charge on any atom is 0.203 e. The fraction of sp³-hybridized carbons (Fsp3) is 0.286. The van der Waals surface area contributed by atoms with Crippen molar-refractivity contribution in [3.05, 3.63) is 48.7 Å². The third-order valence-electron chi connectivity index (χ3n) is 4.13. The van der Waals surface area contributed by atoms with Crippen molar-refractivity contribution < 1.29 is 14.2 Å². The lowest BCUT2D eigenvalue weighted by atomic mass is 10.1. The molecule has 4 nitrogen and oxygen atoms in total. The van der Waals surface area contributed by atoms with Crippen LogP contribution < -0.4 is 14.2 Å². The Bertz CT molecular complexity index is 861. The molecule has 0 radical (unpaired) electrons. The van der Waals surface area contributed by atoms with E-state index in [2.05, 4.69) is 30.1 Å². The zero-order chi connectivity index (χ0) is 17.6. The summed E-state index contributed by atoms with van der Waals surface area (Å²) in [5.41, 5.74) is 1.81. The molecule has 1 aromatic heterocycles. The predicted octanol–water partition coefficient (Wildman–Crippen LogP) is 5.10. The van der Waals surface area contributed by atoms with Gasteiger partial charge in [0, 0.05) is 17.1 Å². The topological polar surface area (TPSA) is 40.6 Å². The molecule has 4 heteroatoms. The predicted molar refractivity (Wildman–Crippen MR) is 101 cm³/mol. The second kappa shape index (κ2) is 7.88. The Morgan fingerprint density at radius 2 is 1.68 bits per heavy atom. The van der Waals surface area contributed by atoms with Crippen molar-refractivity contribution in [3.8, 4) is 28.5 Å². The van der Waals surface area contributed by atoms with Crippen LogP contribution in [0.1, 0.15) is 19.8 Å². The van der Waals surface area contributed by atoms with Crippen molar-refractivity contribution >= 4 is 10.8 Å². The maximum atomic E-state index is 5.93. The smallest absolute Gasteiger partial charge is 0.203 e. The van der Waals surface area contributed by atoms with Crippen LogP contribution in [0, 0.1) is 0 Å². The quantitative estimate of drug-likeness (QED) is 0.563. The lowest BCUT2D eigenvalue weighted by molar-refractivity contribution is 0.279. The van der Waals surface area contributed by atoms with E-state index < -0.39 is 0 Å². The molecule has 0 atom stereocenters. The zero-order valence-corrected chi connectivity index (χ0v) is 14.9. The highest BCUT2D eigenvalue weighted by atomic mass is 16.5. The van der Waals surface area contributed by atoms with E-state index in [-0.39, 0.29) is 0 Å². The summed E-state index contributed by atoms with van der Waals surface area (Å²) in [6.45, 7) is 2.78. The highest BCUT2D eigenvalue weighted by Gasteiger charge is 2.15. The van der Waals surface area contributed by atoms with Gasteiger partial charge >= 0.3 is 0 Å². The number of aromatic nitrogens is 1. The second-order valence-corrected chi connectivity index (χ2v) is 5.83. The summed E-state index contributed by atoms with van der Waals surface area (Å²) in [4.78, 5) is 4.59. The van der Waals surface area contributed by atoms with Gasteiger partial charge in [0.25, 0.3) is 0 Å². The summed E-state index contributed by atoms with van der Waals surface area (Å²) in [5.74, 6) is 1.94.